The number of nitrogens with zero attached hydrogens (tertiary/aromatic N) is 5. The Morgan fingerprint density at radius 2 is 1.69 bits per heavy atom. The van der Waals surface area contributed by atoms with E-state index in [0.717, 1.165) is 42.4 Å². The number of rotatable bonds is 5. The van der Waals surface area contributed by atoms with Crippen molar-refractivity contribution in [3.8, 4) is 0 Å². The zero-order chi connectivity index (χ0) is 20.5. The SMILES string of the molecule is CNN(NC)c1ccccc1C(=O)N1CC2CCC1CN2c1nc(C)cc(C)n1. The molecule has 0 radical (unpaired) electrons. The number of fused-ring (bicyclic) bond motifs is 3. The normalized spacial score (nSPS) is 20.8. The Balaban J connectivity index is 1.58. The molecule has 3 fully saturated rings. The Kier molecular flexibility index (Phi) is 5.38. The molecule has 2 N–H and O–H groups in total. The van der Waals surface area contributed by atoms with Crippen molar-refractivity contribution in [1.82, 2.24) is 25.7 Å². The van der Waals surface area contributed by atoms with E-state index < -0.39 is 0 Å². The summed E-state index contributed by atoms with van der Waals surface area (Å²) in [7, 11) is 3.64. The molecule has 8 nitrogen and oxygen atoms in total. The maximum atomic E-state index is 13.5. The fourth-order valence-electron chi connectivity index (χ4n) is 4.51. The molecule has 3 saturated heterocycles. The summed E-state index contributed by atoms with van der Waals surface area (Å²) in [6, 6.07) is 10.1. The largest absolute Gasteiger partial charge is 0.334 e. The van der Waals surface area contributed by atoms with Crippen LogP contribution in [0.15, 0.2) is 30.3 Å². The van der Waals surface area contributed by atoms with Gasteiger partial charge in [-0.05, 0) is 44.9 Å². The van der Waals surface area contributed by atoms with Crippen LogP contribution in [0, 0.1) is 13.8 Å². The minimum Gasteiger partial charge on any atom is -0.334 e. The molecule has 5 rings (SSSR count). The molecule has 1 amide bonds. The van der Waals surface area contributed by atoms with E-state index in [1.807, 2.05) is 63.2 Å². The summed E-state index contributed by atoms with van der Waals surface area (Å²) in [5.74, 6) is 0.869. The highest BCUT2D eigenvalue weighted by atomic mass is 16.2. The van der Waals surface area contributed by atoms with Gasteiger partial charge in [0, 0.05) is 50.7 Å². The van der Waals surface area contributed by atoms with E-state index in [-0.39, 0.29) is 18.0 Å². The lowest BCUT2D eigenvalue weighted by atomic mass is 9.90. The van der Waals surface area contributed by atoms with Crippen LogP contribution in [0.5, 0.6) is 0 Å². The average Bonchev–Trinajstić information content (AvgIpc) is 2.74. The van der Waals surface area contributed by atoms with Gasteiger partial charge in [-0.1, -0.05) is 12.1 Å². The number of carbonyl (C=O) groups is 1. The Morgan fingerprint density at radius 3 is 2.31 bits per heavy atom. The third kappa shape index (κ3) is 3.65. The van der Waals surface area contributed by atoms with Crippen LogP contribution in [0.25, 0.3) is 0 Å². The second-order valence-electron chi connectivity index (χ2n) is 7.75. The van der Waals surface area contributed by atoms with E-state index in [4.69, 9.17) is 0 Å². The zero-order valence-corrected chi connectivity index (χ0v) is 17.5. The Hall–Kier alpha value is -2.71. The van der Waals surface area contributed by atoms with Crippen LogP contribution in [0.2, 0.25) is 0 Å². The summed E-state index contributed by atoms with van der Waals surface area (Å²) in [5.41, 5.74) is 9.61. The molecule has 2 aromatic rings. The standard InChI is InChI=1S/C21H29N7O/c1-14-11-15(2)25-21(24-14)27-13-16-9-10-17(27)12-26(16)20(29)18-7-5-6-8-19(18)28(22-3)23-4/h5-8,11,16-17,22-23H,9-10,12-13H2,1-4H3. The first-order valence-corrected chi connectivity index (χ1v) is 10.2. The topological polar surface area (TPSA) is 76.6 Å². The number of hydrazine groups is 2. The van der Waals surface area contributed by atoms with Crippen molar-refractivity contribution >= 4 is 17.5 Å². The highest BCUT2D eigenvalue weighted by molar-refractivity contribution is 6.00. The van der Waals surface area contributed by atoms with Gasteiger partial charge in [0.15, 0.2) is 0 Å². The number of amides is 1. The second-order valence-corrected chi connectivity index (χ2v) is 7.75. The van der Waals surface area contributed by atoms with Crippen molar-refractivity contribution in [3.63, 3.8) is 0 Å². The van der Waals surface area contributed by atoms with Crippen molar-refractivity contribution < 1.29 is 4.79 Å². The Morgan fingerprint density at radius 1 is 1.03 bits per heavy atom. The third-order valence-corrected chi connectivity index (χ3v) is 5.84. The van der Waals surface area contributed by atoms with Crippen molar-refractivity contribution in [2.75, 3.05) is 37.2 Å². The molecular weight excluding hydrogens is 366 g/mol. The van der Waals surface area contributed by atoms with Gasteiger partial charge in [-0.2, -0.15) is 0 Å². The predicted octanol–water partition coefficient (Wildman–Crippen LogP) is 1.66. The number of hydrogen-bond donors (Lipinski definition) is 2. The number of aromatic nitrogens is 2. The maximum Gasteiger partial charge on any atom is 0.256 e. The monoisotopic (exact) mass is 395 g/mol. The lowest BCUT2D eigenvalue weighted by Crippen LogP contribution is -2.64. The van der Waals surface area contributed by atoms with Gasteiger partial charge >= 0.3 is 0 Å². The maximum absolute atomic E-state index is 13.5. The highest BCUT2D eigenvalue weighted by Gasteiger charge is 2.42. The fraction of sp³-hybridized carbons (Fsp3) is 0.476. The molecule has 154 valence electrons. The van der Waals surface area contributed by atoms with Crippen molar-refractivity contribution in [2.24, 2.45) is 0 Å². The smallest absolute Gasteiger partial charge is 0.256 e. The number of anilines is 2. The molecule has 29 heavy (non-hydrogen) atoms. The van der Waals surface area contributed by atoms with Crippen LogP contribution < -0.4 is 20.9 Å². The Labute approximate surface area is 171 Å². The summed E-state index contributed by atoms with van der Waals surface area (Å²) >= 11 is 0. The van der Waals surface area contributed by atoms with E-state index in [1.165, 1.54) is 0 Å². The van der Waals surface area contributed by atoms with Gasteiger partial charge in [0.1, 0.15) is 0 Å². The van der Waals surface area contributed by atoms with Gasteiger partial charge in [0.25, 0.3) is 5.91 Å². The molecule has 8 heteroatoms. The Bertz CT molecular complexity index is 878. The summed E-state index contributed by atoms with van der Waals surface area (Å²) in [5, 5.41) is 1.76. The number of benzene rings is 1. The van der Waals surface area contributed by atoms with Crippen molar-refractivity contribution in [2.45, 2.75) is 38.8 Å². The molecule has 3 aliphatic rings. The highest BCUT2D eigenvalue weighted by Crippen LogP contribution is 2.33. The molecule has 1 aromatic carbocycles. The predicted molar refractivity (Wildman–Crippen MR) is 114 cm³/mol. The first-order chi connectivity index (χ1) is 14.0. The number of piperazine rings is 1. The molecule has 2 atom stereocenters. The lowest BCUT2D eigenvalue weighted by Gasteiger charge is -2.51. The first kappa shape index (κ1) is 19.6. The number of piperidine rings is 2. The van der Waals surface area contributed by atoms with E-state index in [1.54, 1.807) is 5.12 Å². The quantitative estimate of drug-likeness (QED) is 0.746. The van der Waals surface area contributed by atoms with Crippen LogP contribution >= 0.6 is 0 Å². The van der Waals surface area contributed by atoms with Gasteiger partial charge in [-0.15, -0.1) is 0 Å². The molecule has 1 aromatic heterocycles. The van der Waals surface area contributed by atoms with E-state index in [9.17, 15) is 4.79 Å². The average molecular weight is 396 g/mol. The molecule has 4 heterocycles. The first-order valence-electron chi connectivity index (χ1n) is 10.2. The van der Waals surface area contributed by atoms with E-state index in [2.05, 4.69) is 25.7 Å². The number of nitrogens with one attached hydrogen (secondary N) is 2. The number of para-hydroxylation sites is 1. The van der Waals surface area contributed by atoms with Gasteiger partial charge in [-0.25, -0.2) is 25.9 Å². The van der Waals surface area contributed by atoms with Gasteiger partial charge in [0.05, 0.1) is 11.3 Å². The third-order valence-electron chi connectivity index (χ3n) is 5.84. The number of aryl methyl sites for hydroxylation is 2. The minimum atomic E-state index is 0.0757. The van der Waals surface area contributed by atoms with Crippen LogP contribution in [0.1, 0.15) is 34.6 Å². The van der Waals surface area contributed by atoms with Crippen LogP contribution in [-0.4, -0.2) is 60.0 Å². The molecule has 3 aliphatic heterocycles. The second kappa shape index (κ2) is 7.96. The van der Waals surface area contributed by atoms with Crippen LogP contribution in [-0.2, 0) is 0 Å². The summed E-state index contributed by atoms with van der Waals surface area (Å²) in [6.45, 7) is 5.49. The molecule has 0 spiro atoms. The van der Waals surface area contributed by atoms with Crippen molar-refractivity contribution in [1.29, 1.82) is 0 Å². The summed E-state index contributed by atoms with van der Waals surface area (Å²) in [6.07, 6.45) is 2.08. The molecular formula is C21H29N7O. The van der Waals surface area contributed by atoms with Gasteiger partial charge in [0.2, 0.25) is 5.95 Å². The van der Waals surface area contributed by atoms with Crippen LogP contribution in [0.3, 0.4) is 0 Å². The van der Waals surface area contributed by atoms with E-state index in [0.29, 0.717) is 12.1 Å². The van der Waals surface area contributed by atoms with Gasteiger partial charge < -0.3 is 9.80 Å². The van der Waals surface area contributed by atoms with E-state index >= 15 is 0 Å². The molecule has 0 saturated carbocycles. The fourth-order valence-corrected chi connectivity index (χ4v) is 4.51. The van der Waals surface area contributed by atoms with Gasteiger partial charge in [-0.3, -0.25) is 4.79 Å². The molecule has 2 bridgehead atoms. The minimum absolute atomic E-state index is 0.0757. The van der Waals surface area contributed by atoms with Crippen molar-refractivity contribution in [3.05, 3.63) is 47.3 Å². The lowest BCUT2D eigenvalue weighted by molar-refractivity contribution is 0.0503. The number of hydrogen-bond acceptors (Lipinski definition) is 7. The van der Waals surface area contributed by atoms with Crippen LogP contribution in [0.4, 0.5) is 11.6 Å². The summed E-state index contributed by atoms with van der Waals surface area (Å²) in [4.78, 5) is 27.1. The zero-order valence-electron chi connectivity index (χ0n) is 17.5. The number of carbonyl (C=O) groups excluding carboxylic acids is 1. The molecule has 0 aliphatic carbocycles. The summed E-state index contributed by atoms with van der Waals surface area (Å²) < 4.78 is 0. The molecule has 2 unspecified atom stereocenters.